The molecule has 3 amide bonds. The van der Waals surface area contributed by atoms with E-state index >= 15 is 0 Å². The predicted molar refractivity (Wildman–Crippen MR) is 108 cm³/mol. The van der Waals surface area contributed by atoms with Gasteiger partial charge >= 0.3 is 12.1 Å². The minimum atomic E-state index is -1.11. The van der Waals surface area contributed by atoms with Crippen LogP contribution < -0.4 is 14.8 Å². The summed E-state index contributed by atoms with van der Waals surface area (Å²) in [4.78, 5) is 47.2. The molecule has 1 aliphatic heterocycles. The number of amides is 3. The van der Waals surface area contributed by atoms with Gasteiger partial charge in [0.2, 0.25) is 0 Å². The number of carboxylic acid groups (broad SMARTS) is 1. The first kappa shape index (κ1) is 22.7. The Kier molecular flexibility index (Phi) is 7.74. The molecule has 1 unspecified atom stereocenters. The summed E-state index contributed by atoms with van der Waals surface area (Å²) in [6.07, 6.45) is 4.66. The normalized spacial score (nSPS) is 14.3. The van der Waals surface area contributed by atoms with Crippen molar-refractivity contribution < 1.29 is 33.8 Å². The molecular weight excluding hydrogens is 392 g/mol. The minimum absolute atomic E-state index is 0.00571. The number of carbonyl (C=O) groups is 4. The lowest BCUT2D eigenvalue weighted by Crippen LogP contribution is -2.39. The molecule has 0 aromatic heterocycles. The zero-order valence-corrected chi connectivity index (χ0v) is 17.0. The van der Waals surface area contributed by atoms with Gasteiger partial charge in [-0.15, -0.1) is 0 Å². The highest BCUT2D eigenvalue weighted by molar-refractivity contribution is 6.12. The van der Waals surface area contributed by atoms with Crippen LogP contribution in [0.25, 0.3) is 6.08 Å². The lowest BCUT2D eigenvalue weighted by molar-refractivity contribution is -0.136. The summed E-state index contributed by atoms with van der Waals surface area (Å²) in [6.45, 7) is 3.96. The van der Waals surface area contributed by atoms with Crippen LogP contribution in [0.5, 0.6) is 11.5 Å². The van der Waals surface area contributed by atoms with E-state index in [4.69, 9.17) is 14.6 Å². The molecule has 1 aromatic rings. The Morgan fingerprint density at radius 2 is 1.83 bits per heavy atom. The van der Waals surface area contributed by atoms with Gasteiger partial charge in [-0.25, -0.2) is 9.59 Å². The Labute approximate surface area is 173 Å². The number of nitrogens with one attached hydrogen (secondary N) is 1. The monoisotopic (exact) mass is 416 g/mol. The van der Waals surface area contributed by atoms with Gasteiger partial charge in [-0.1, -0.05) is 13.8 Å². The summed E-state index contributed by atoms with van der Waals surface area (Å²) in [5, 5.41) is 11.4. The number of benzene rings is 1. The molecule has 1 aliphatic rings. The molecule has 0 bridgehead atoms. The highest BCUT2D eigenvalue weighted by Crippen LogP contribution is 2.38. The minimum Gasteiger partial charge on any atom is -0.496 e. The van der Waals surface area contributed by atoms with E-state index in [1.54, 1.807) is 12.1 Å². The van der Waals surface area contributed by atoms with Crippen molar-refractivity contribution in [3.8, 4) is 11.5 Å². The van der Waals surface area contributed by atoms with E-state index in [1.165, 1.54) is 25.3 Å². The van der Waals surface area contributed by atoms with Crippen LogP contribution in [0, 0.1) is 0 Å². The molecule has 0 saturated heterocycles. The summed E-state index contributed by atoms with van der Waals surface area (Å²) < 4.78 is 10.9. The topological polar surface area (TPSA) is 122 Å². The highest BCUT2D eigenvalue weighted by atomic mass is 16.6. The molecule has 0 saturated carbocycles. The Morgan fingerprint density at radius 1 is 1.20 bits per heavy atom. The first-order valence-electron chi connectivity index (χ1n) is 9.39. The fraction of sp³-hybridized carbons (Fsp3) is 0.333. The number of carbonyl (C=O) groups excluding carboxylic acids is 3. The number of aliphatic carboxylic acids is 1. The average molecular weight is 416 g/mol. The second-order valence-corrected chi connectivity index (χ2v) is 6.59. The number of ether oxygens (including phenoxy) is 2. The Bertz CT molecular complexity index is 887. The number of methoxy groups -OCH3 is 1. The van der Waals surface area contributed by atoms with Crippen LogP contribution in [0.4, 0.5) is 4.79 Å². The summed E-state index contributed by atoms with van der Waals surface area (Å²) in [6, 6.07) is 3.23. The van der Waals surface area contributed by atoms with Crippen LogP contribution in [0.1, 0.15) is 37.3 Å². The van der Waals surface area contributed by atoms with E-state index in [9.17, 15) is 19.2 Å². The fourth-order valence-corrected chi connectivity index (χ4v) is 2.89. The third-order valence-electron chi connectivity index (χ3n) is 4.58. The van der Waals surface area contributed by atoms with Crippen LogP contribution in [0.15, 0.2) is 30.4 Å². The predicted octanol–water partition coefficient (Wildman–Crippen LogP) is 2.32. The number of hydrogen-bond donors (Lipinski definition) is 2. The van der Waals surface area contributed by atoms with Crippen molar-refractivity contribution >= 4 is 30.0 Å². The Hall–Kier alpha value is -3.62. The maximum absolute atomic E-state index is 12.3. The van der Waals surface area contributed by atoms with Crippen molar-refractivity contribution in [1.29, 1.82) is 0 Å². The van der Waals surface area contributed by atoms with E-state index in [0.717, 1.165) is 17.4 Å². The number of nitrogens with zero attached hydrogens (tertiary/aromatic N) is 1. The first-order valence-corrected chi connectivity index (χ1v) is 9.39. The van der Waals surface area contributed by atoms with Gasteiger partial charge < -0.3 is 19.9 Å². The van der Waals surface area contributed by atoms with Crippen LogP contribution in [-0.2, 0) is 14.4 Å². The molecule has 1 atom stereocenters. The van der Waals surface area contributed by atoms with Gasteiger partial charge in [0, 0.05) is 36.9 Å². The zero-order chi connectivity index (χ0) is 22.3. The lowest BCUT2D eigenvalue weighted by Gasteiger charge is -2.20. The zero-order valence-electron chi connectivity index (χ0n) is 17.0. The van der Waals surface area contributed by atoms with Crippen LogP contribution in [-0.4, -0.2) is 54.1 Å². The molecule has 160 valence electrons. The smallest absolute Gasteiger partial charge is 0.412 e. The van der Waals surface area contributed by atoms with Gasteiger partial charge in [-0.3, -0.25) is 14.5 Å². The number of carboxylic acids is 1. The molecular formula is C21H24N2O7. The number of rotatable bonds is 9. The summed E-state index contributed by atoms with van der Waals surface area (Å²) >= 11 is 0. The molecule has 9 heteroatoms. The molecule has 1 heterocycles. The van der Waals surface area contributed by atoms with Crippen molar-refractivity contribution in [2.45, 2.75) is 26.2 Å². The first-order chi connectivity index (χ1) is 14.3. The largest absolute Gasteiger partial charge is 0.496 e. The molecule has 30 heavy (non-hydrogen) atoms. The summed E-state index contributed by atoms with van der Waals surface area (Å²) in [5.74, 6) is -1.26. The number of imide groups is 1. The number of hydrogen-bond acceptors (Lipinski definition) is 6. The molecule has 1 aromatic carbocycles. The van der Waals surface area contributed by atoms with E-state index < -0.39 is 23.9 Å². The summed E-state index contributed by atoms with van der Waals surface area (Å²) in [7, 11) is 1.48. The van der Waals surface area contributed by atoms with Crippen molar-refractivity contribution in [2.24, 2.45) is 0 Å². The third-order valence-corrected chi connectivity index (χ3v) is 4.58. The second-order valence-electron chi connectivity index (χ2n) is 6.59. The SMILES string of the molecule is CCC(C)c1c(OC)cc(/C=C/C(=O)O)cc1OC(=O)NCCN1C(=O)C=CC1=O. The van der Waals surface area contributed by atoms with Crippen LogP contribution in [0.3, 0.4) is 0 Å². The van der Waals surface area contributed by atoms with Crippen LogP contribution >= 0.6 is 0 Å². The van der Waals surface area contributed by atoms with Gasteiger partial charge in [-0.05, 0) is 36.1 Å². The van der Waals surface area contributed by atoms with Crippen molar-refractivity contribution in [1.82, 2.24) is 10.2 Å². The molecule has 0 fully saturated rings. The van der Waals surface area contributed by atoms with Gasteiger partial charge in [-0.2, -0.15) is 0 Å². The fourth-order valence-electron chi connectivity index (χ4n) is 2.89. The van der Waals surface area contributed by atoms with Gasteiger partial charge in [0.05, 0.1) is 7.11 Å². The quantitative estimate of drug-likeness (QED) is 0.468. The third kappa shape index (κ3) is 5.69. The summed E-state index contributed by atoms with van der Waals surface area (Å²) in [5.41, 5.74) is 1.17. The molecule has 2 rings (SSSR count). The van der Waals surface area contributed by atoms with E-state index in [-0.39, 0.29) is 24.8 Å². The Morgan fingerprint density at radius 3 is 2.40 bits per heavy atom. The van der Waals surface area contributed by atoms with Crippen molar-refractivity contribution in [2.75, 3.05) is 20.2 Å². The van der Waals surface area contributed by atoms with E-state index in [2.05, 4.69) is 5.32 Å². The molecule has 0 radical (unpaired) electrons. The Balaban J connectivity index is 2.17. The second kappa shape index (κ2) is 10.2. The average Bonchev–Trinajstić information content (AvgIpc) is 3.03. The molecule has 0 spiro atoms. The van der Waals surface area contributed by atoms with Crippen molar-refractivity contribution in [3.05, 3.63) is 41.5 Å². The standard InChI is InChI=1S/C21H24N2O7/c1-4-13(2)20-15(29-3)11-14(5-8-19(26)27)12-16(20)30-21(28)22-9-10-23-17(24)6-7-18(23)25/h5-8,11-13H,4,9-10H2,1-3H3,(H,22,28)(H,26,27)/b8-5+. The van der Waals surface area contributed by atoms with Gasteiger partial charge in [0.1, 0.15) is 11.5 Å². The molecule has 9 nitrogen and oxygen atoms in total. The van der Waals surface area contributed by atoms with E-state index in [0.29, 0.717) is 16.9 Å². The van der Waals surface area contributed by atoms with Gasteiger partial charge in [0.15, 0.2) is 0 Å². The van der Waals surface area contributed by atoms with Crippen LogP contribution in [0.2, 0.25) is 0 Å². The maximum atomic E-state index is 12.3. The van der Waals surface area contributed by atoms with E-state index in [1.807, 2.05) is 13.8 Å². The molecule has 0 aliphatic carbocycles. The maximum Gasteiger partial charge on any atom is 0.412 e. The highest BCUT2D eigenvalue weighted by Gasteiger charge is 2.23. The molecule has 2 N–H and O–H groups in total. The van der Waals surface area contributed by atoms with Crippen molar-refractivity contribution in [3.63, 3.8) is 0 Å². The van der Waals surface area contributed by atoms with Gasteiger partial charge in [0.25, 0.3) is 11.8 Å². The lowest BCUT2D eigenvalue weighted by atomic mass is 9.95.